The first kappa shape index (κ1) is 19.7. The van der Waals surface area contributed by atoms with Gasteiger partial charge in [0.05, 0.1) is 6.61 Å². The Labute approximate surface area is 170 Å². The molecule has 1 aromatic carbocycles. The van der Waals surface area contributed by atoms with Crippen LogP contribution < -0.4 is 10.2 Å². The molecule has 0 radical (unpaired) electrons. The summed E-state index contributed by atoms with van der Waals surface area (Å²) in [6, 6.07) is 11.1. The summed E-state index contributed by atoms with van der Waals surface area (Å²) >= 11 is 0. The topological polar surface area (TPSA) is 71.8 Å². The number of rotatable bonds is 6. The lowest BCUT2D eigenvalue weighted by molar-refractivity contribution is 0.0545. The first-order chi connectivity index (χ1) is 14.0. The molecule has 2 bridgehead atoms. The summed E-state index contributed by atoms with van der Waals surface area (Å²) in [6.07, 6.45) is 5.10. The molecule has 0 aliphatic carbocycles. The summed E-state index contributed by atoms with van der Waals surface area (Å²) in [5.74, 6) is -0.0780. The minimum Gasteiger partial charge on any atom is -0.483 e. The van der Waals surface area contributed by atoms with Crippen LogP contribution >= 0.6 is 0 Å². The maximum absolute atomic E-state index is 13.6. The van der Waals surface area contributed by atoms with Gasteiger partial charge in [0.2, 0.25) is 5.43 Å². The molecule has 1 N–H and O–H groups in total. The molecule has 2 aromatic rings. The van der Waals surface area contributed by atoms with Gasteiger partial charge in [0, 0.05) is 36.8 Å². The first-order valence-electron chi connectivity index (χ1n) is 10.3. The molecular formula is C23H28N2O4. The molecule has 1 aromatic heterocycles. The molecule has 3 heterocycles. The van der Waals surface area contributed by atoms with Crippen molar-refractivity contribution in [1.82, 2.24) is 9.47 Å². The monoisotopic (exact) mass is 396 g/mol. The third-order valence-electron chi connectivity index (χ3n) is 6.77. The van der Waals surface area contributed by atoms with E-state index in [1.165, 1.54) is 6.07 Å². The molecule has 0 unspecified atom stereocenters. The summed E-state index contributed by atoms with van der Waals surface area (Å²) in [5, 5.41) is 10.1. The van der Waals surface area contributed by atoms with Crippen molar-refractivity contribution in [3.63, 3.8) is 0 Å². The molecule has 2 fully saturated rings. The van der Waals surface area contributed by atoms with Crippen molar-refractivity contribution < 1.29 is 14.6 Å². The Kier molecular flexibility index (Phi) is 5.21. The summed E-state index contributed by atoms with van der Waals surface area (Å²) in [5.41, 5.74) is 0.688. The van der Waals surface area contributed by atoms with Crippen molar-refractivity contribution in [1.29, 1.82) is 0 Å². The molecule has 2 aliphatic heterocycles. The fourth-order valence-electron chi connectivity index (χ4n) is 5.10. The smallest absolute Gasteiger partial charge is 0.275 e. The first-order valence-corrected chi connectivity index (χ1v) is 10.3. The molecule has 0 saturated carbocycles. The zero-order valence-corrected chi connectivity index (χ0v) is 17.0. The maximum Gasteiger partial charge on any atom is 0.275 e. The Morgan fingerprint density at radius 1 is 1.24 bits per heavy atom. The van der Waals surface area contributed by atoms with Gasteiger partial charge in [-0.15, -0.1) is 0 Å². The van der Waals surface area contributed by atoms with Crippen LogP contribution in [-0.4, -0.2) is 39.2 Å². The number of aliphatic hydroxyl groups is 1. The van der Waals surface area contributed by atoms with Gasteiger partial charge in [-0.25, -0.2) is 0 Å². The zero-order valence-electron chi connectivity index (χ0n) is 17.0. The van der Waals surface area contributed by atoms with E-state index in [1.807, 2.05) is 35.2 Å². The number of aromatic nitrogens is 1. The van der Waals surface area contributed by atoms with Crippen LogP contribution in [0, 0.1) is 5.41 Å². The number of aryl methyl sites for hydroxylation is 1. The quantitative estimate of drug-likeness (QED) is 0.815. The van der Waals surface area contributed by atoms with Crippen molar-refractivity contribution in [2.24, 2.45) is 12.5 Å². The number of carbonyl (C=O) groups is 1. The zero-order chi connectivity index (χ0) is 20.6. The summed E-state index contributed by atoms with van der Waals surface area (Å²) in [6.45, 7) is 2.38. The summed E-state index contributed by atoms with van der Waals surface area (Å²) in [7, 11) is 1.76. The van der Waals surface area contributed by atoms with Crippen LogP contribution in [0.1, 0.15) is 48.7 Å². The van der Waals surface area contributed by atoms with Crippen molar-refractivity contribution >= 4 is 5.91 Å². The van der Waals surface area contributed by atoms with E-state index in [1.54, 1.807) is 17.8 Å². The number of pyridine rings is 1. The van der Waals surface area contributed by atoms with Gasteiger partial charge in [0.1, 0.15) is 6.61 Å². The van der Waals surface area contributed by atoms with Crippen LogP contribution in [0.5, 0.6) is 5.75 Å². The average molecular weight is 396 g/mol. The molecule has 1 amide bonds. The molecule has 29 heavy (non-hydrogen) atoms. The second kappa shape index (κ2) is 7.67. The number of aliphatic hydroxyl groups excluding tert-OH is 1. The Hall–Kier alpha value is -2.60. The van der Waals surface area contributed by atoms with Gasteiger partial charge < -0.3 is 19.3 Å². The summed E-state index contributed by atoms with van der Waals surface area (Å²) < 4.78 is 7.56. The van der Waals surface area contributed by atoms with Gasteiger partial charge in [0.15, 0.2) is 11.4 Å². The number of hydrogen-bond donors (Lipinski definition) is 1. The lowest BCUT2D eigenvalue weighted by atomic mass is 9.72. The lowest BCUT2D eigenvalue weighted by Crippen LogP contribution is -2.43. The Morgan fingerprint density at radius 3 is 2.66 bits per heavy atom. The maximum atomic E-state index is 13.6. The standard InChI is InChI=1S/C23H28N2O4/c1-3-23(15-26)13-17-9-10-19(23)25(17)22(28)20-21(18(27)11-12-24(20)2)29-14-16-7-5-4-6-8-16/h4-8,11-12,17,19,26H,3,9-10,13-15H2,1-2H3/t17-,19+,23-/m1/s1. The van der Waals surface area contributed by atoms with Crippen molar-refractivity contribution in [2.45, 2.75) is 51.3 Å². The predicted molar refractivity (Wildman–Crippen MR) is 110 cm³/mol. The number of fused-ring (bicyclic) bond motifs is 2. The largest absolute Gasteiger partial charge is 0.483 e. The number of amides is 1. The molecule has 2 saturated heterocycles. The Morgan fingerprint density at radius 2 is 2.00 bits per heavy atom. The highest BCUT2D eigenvalue weighted by Crippen LogP contribution is 2.52. The van der Waals surface area contributed by atoms with E-state index in [-0.39, 0.29) is 53.5 Å². The molecule has 2 aliphatic rings. The molecule has 3 atom stereocenters. The third-order valence-corrected chi connectivity index (χ3v) is 6.77. The fraction of sp³-hybridized carbons (Fsp3) is 0.478. The number of carbonyl (C=O) groups excluding carboxylic acids is 1. The Balaban J connectivity index is 1.67. The molecule has 154 valence electrons. The minimum atomic E-state index is -0.294. The van der Waals surface area contributed by atoms with E-state index < -0.39 is 0 Å². The van der Waals surface area contributed by atoms with Crippen LogP contribution in [0.15, 0.2) is 47.4 Å². The third kappa shape index (κ3) is 3.25. The second-order valence-corrected chi connectivity index (χ2v) is 8.28. The number of nitrogens with zero attached hydrogens (tertiary/aromatic N) is 2. The Bertz CT molecular complexity index is 949. The lowest BCUT2D eigenvalue weighted by Gasteiger charge is -2.35. The molecular weight excluding hydrogens is 368 g/mol. The van der Waals surface area contributed by atoms with Crippen LogP contribution in [0.4, 0.5) is 0 Å². The summed E-state index contributed by atoms with van der Waals surface area (Å²) in [4.78, 5) is 28.1. The fourth-order valence-corrected chi connectivity index (χ4v) is 5.10. The van der Waals surface area contributed by atoms with Gasteiger partial charge in [0.25, 0.3) is 5.91 Å². The predicted octanol–water partition coefficient (Wildman–Crippen LogP) is 2.73. The molecule has 6 nitrogen and oxygen atoms in total. The second-order valence-electron chi connectivity index (χ2n) is 8.28. The molecule has 4 rings (SSSR count). The van der Waals surface area contributed by atoms with Gasteiger partial charge >= 0.3 is 0 Å². The minimum absolute atomic E-state index is 0.00674. The molecule has 6 heteroatoms. The van der Waals surface area contributed by atoms with E-state index in [0.717, 1.165) is 31.2 Å². The number of benzene rings is 1. The highest BCUT2D eigenvalue weighted by atomic mass is 16.5. The normalized spacial score (nSPS) is 25.4. The van der Waals surface area contributed by atoms with E-state index in [9.17, 15) is 14.7 Å². The van der Waals surface area contributed by atoms with Crippen LogP contribution in [0.3, 0.4) is 0 Å². The number of ether oxygens (including phenoxy) is 1. The van der Waals surface area contributed by atoms with Crippen molar-refractivity contribution in [3.8, 4) is 5.75 Å². The SMILES string of the molecule is CC[C@]1(CO)C[C@H]2CC[C@@H]1N2C(=O)c1c(OCc2ccccc2)c(=O)ccn1C. The highest BCUT2D eigenvalue weighted by molar-refractivity contribution is 5.96. The van der Waals surface area contributed by atoms with Gasteiger partial charge in [-0.3, -0.25) is 9.59 Å². The van der Waals surface area contributed by atoms with Crippen LogP contribution in [0.25, 0.3) is 0 Å². The molecule has 0 spiro atoms. The van der Waals surface area contributed by atoms with Gasteiger partial charge in [-0.1, -0.05) is 37.3 Å². The van der Waals surface area contributed by atoms with Crippen LogP contribution in [-0.2, 0) is 13.7 Å². The average Bonchev–Trinajstić information content (AvgIpc) is 3.30. The van der Waals surface area contributed by atoms with E-state index in [0.29, 0.717) is 0 Å². The number of hydrogen-bond acceptors (Lipinski definition) is 4. The highest BCUT2D eigenvalue weighted by Gasteiger charge is 2.56. The van der Waals surface area contributed by atoms with Crippen molar-refractivity contribution in [2.75, 3.05) is 6.61 Å². The van der Waals surface area contributed by atoms with E-state index in [4.69, 9.17) is 4.74 Å². The van der Waals surface area contributed by atoms with Gasteiger partial charge in [-0.2, -0.15) is 0 Å². The van der Waals surface area contributed by atoms with Gasteiger partial charge in [-0.05, 0) is 31.2 Å². The van der Waals surface area contributed by atoms with Crippen molar-refractivity contribution in [3.05, 3.63) is 64.1 Å². The van der Waals surface area contributed by atoms with Crippen LogP contribution in [0.2, 0.25) is 0 Å². The van der Waals surface area contributed by atoms with E-state index in [2.05, 4.69) is 6.92 Å². The van der Waals surface area contributed by atoms with E-state index >= 15 is 0 Å².